The van der Waals surface area contributed by atoms with Crippen LogP contribution in [0.25, 0.3) is 0 Å². The van der Waals surface area contributed by atoms with Crippen molar-refractivity contribution in [2.24, 2.45) is 7.05 Å². The zero-order valence-corrected chi connectivity index (χ0v) is 16.1. The molecule has 0 radical (unpaired) electrons. The Kier molecular flexibility index (Phi) is 7.08. The van der Waals surface area contributed by atoms with Crippen molar-refractivity contribution in [3.63, 3.8) is 0 Å². The average Bonchev–Trinajstić information content (AvgIpc) is 2.90. The van der Waals surface area contributed by atoms with Gasteiger partial charge in [-0.15, -0.1) is 10.2 Å². The molecule has 1 aliphatic heterocycles. The summed E-state index contributed by atoms with van der Waals surface area (Å²) in [6.07, 6.45) is 6.72. The molecule has 3 rings (SSSR count). The molecule has 6 nitrogen and oxygen atoms in total. The lowest BCUT2D eigenvalue weighted by molar-refractivity contribution is -0.118. The molecule has 1 saturated heterocycles. The van der Waals surface area contributed by atoms with Crippen LogP contribution >= 0.6 is 11.8 Å². The molecule has 2 heterocycles. The summed E-state index contributed by atoms with van der Waals surface area (Å²) in [5.74, 6) is 0.391. The predicted octanol–water partition coefficient (Wildman–Crippen LogP) is 2.64. The number of nitrogens with one attached hydrogen (secondary N) is 1. The Bertz CT molecular complexity index is 682. The van der Waals surface area contributed by atoms with E-state index in [1.807, 2.05) is 17.7 Å². The number of thioether (sulfide) groups is 1. The maximum Gasteiger partial charge on any atom is 0.230 e. The molecule has 2 aromatic rings. The molecule has 26 heavy (non-hydrogen) atoms. The second-order valence-corrected chi connectivity index (χ2v) is 7.64. The number of aromatic nitrogens is 3. The molecule has 7 heteroatoms. The van der Waals surface area contributed by atoms with Crippen molar-refractivity contribution >= 4 is 17.7 Å². The van der Waals surface area contributed by atoms with Gasteiger partial charge in [-0.1, -0.05) is 54.9 Å². The molecule has 1 aromatic carbocycles. The number of carbonyl (C=O) groups is 1. The number of nitrogens with zero attached hydrogens (tertiary/aromatic N) is 4. The topological polar surface area (TPSA) is 63.1 Å². The third kappa shape index (κ3) is 5.32. The van der Waals surface area contributed by atoms with Gasteiger partial charge in [0.2, 0.25) is 5.91 Å². The van der Waals surface area contributed by atoms with Crippen molar-refractivity contribution in [3.05, 3.63) is 42.2 Å². The molecule has 0 spiro atoms. The monoisotopic (exact) mass is 373 g/mol. The van der Waals surface area contributed by atoms with Crippen molar-refractivity contribution in [1.82, 2.24) is 25.0 Å². The Morgan fingerprint density at radius 2 is 1.92 bits per heavy atom. The van der Waals surface area contributed by atoms with Gasteiger partial charge in [0.15, 0.2) is 5.16 Å². The molecule has 140 valence electrons. The van der Waals surface area contributed by atoms with Gasteiger partial charge < -0.3 is 9.88 Å². The van der Waals surface area contributed by atoms with Gasteiger partial charge in [-0.25, -0.2) is 0 Å². The SMILES string of the molecule is Cn1cnnc1SCC(=O)NC[C@@H](c1ccccc1)N1CCCCCC1. The maximum absolute atomic E-state index is 12.3. The number of likely N-dealkylation sites (tertiary alicyclic amines) is 1. The van der Waals surface area contributed by atoms with Gasteiger partial charge in [0, 0.05) is 13.6 Å². The molecule has 1 atom stereocenters. The Labute approximate surface area is 159 Å². The first-order chi connectivity index (χ1) is 12.7. The highest BCUT2D eigenvalue weighted by atomic mass is 32.2. The van der Waals surface area contributed by atoms with Crippen LogP contribution in [0.15, 0.2) is 41.8 Å². The number of carbonyl (C=O) groups excluding carboxylic acids is 1. The van der Waals surface area contributed by atoms with Gasteiger partial charge in [0.1, 0.15) is 6.33 Å². The lowest BCUT2D eigenvalue weighted by Gasteiger charge is -2.31. The summed E-state index contributed by atoms with van der Waals surface area (Å²) in [4.78, 5) is 14.9. The van der Waals surface area contributed by atoms with E-state index in [0.717, 1.165) is 18.2 Å². The first-order valence-corrected chi connectivity index (χ1v) is 10.2. The molecule has 1 aromatic heterocycles. The van der Waals surface area contributed by atoms with E-state index in [9.17, 15) is 4.79 Å². The fourth-order valence-corrected chi connectivity index (χ4v) is 4.05. The molecule has 1 aliphatic rings. The van der Waals surface area contributed by atoms with E-state index < -0.39 is 0 Å². The van der Waals surface area contributed by atoms with E-state index >= 15 is 0 Å². The van der Waals surface area contributed by atoms with Gasteiger partial charge in [-0.3, -0.25) is 9.69 Å². The van der Waals surface area contributed by atoms with Crippen molar-refractivity contribution in [2.75, 3.05) is 25.4 Å². The van der Waals surface area contributed by atoms with E-state index in [4.69, 9.17) is 0 Å². The van der Waals surface area contributed by atoms with E-state index in [0.29, 0.717) is 12.3 Å². The number of hydrogen-bond acceptors (Lipinski definition) is 5. The highest BCUT2D eigenvalue weighted by Crippen LogP contribution is 2.24. The van der Waals surface area contributed by atoms with Gasteiger partial charge >= 0.3 is 0 Å². The van der Waals surface area contributed by atoms with Crippen molar-refractivity contribution in [1.29, 1.82) is 0 Å². The summed E-state index contributed by atoms with van der Waals surface area (Å²) in [6, 6.07) is 10.8. The fourth-order valence-electron chi connectivity index (χ4n) is 3.33. The summed E-state index contributed by atoms with van der Waals surface area (Å²) in [6.45, 7) is 2.84. The number of rotatable bonds is 7. The molecular formula is C19H27N5OS. The average molecular weight is 374 g/mol. The summed E-state index contributed by atoms with van der Waals surface area (Å²) in [5.41, 5.74) is 1.27. The van der Waals surface area contributed by atoms with Crippen LogP contribution in [-0.4, -0.2) is 51.0 Å². The molecule has 0 unspecified atom stereocenters. The second-order valence-electron chi connectivity index (χ2n) is 6.69. The van der Waals surface area contributed by atoms with Crippen LogP contribution in [0.4, 0.5) is 0 Å². The standard InChI is InChI=1S/C19H27N5OS/c1-23-15-21-22-19(23)26-14-18(25)20-13-17(16-9-5-4-6-10-16)24-11-7-2-3-8-12-24/h4-6,9-10,15,17H,2-3,7-8,11-14H2,1H3,(H,20,25)/t17-/m0/s1. The molecular weight excluding hydrogens is 346 g/mol. The van der Waals surface area contributed by atoms with Crippen LogP contribution in [0.5, 0.6) is 0 Å². The Hall–Kier alpha value is -1.86. The van der Waals surface area contributed by atoms with Crippen LogP contribution in [-0.2, 0) is 11.8 Å². The number of aryl methyl sites for hydroxylation is 1. The van der Waals surface area contributed by atoms with Crippen LogP contribution in [0.2, 0.25) is 0 Å². The molecule has 1 amide bonds. The second kappa shape index (κ2) is 9.73. The summed E-state index contributed by atoms with van der Waals surface area (Å²) < 4.78 is 1.82. The van der Waals surface area contributed by atoms with Crippen LogP contribution < -0.4 is 5.32 Å². The van der Waals surface area contributed by atoms with Gasteiger partial charge in [0.25, 0.3) is 0 Å². The highest BCUT2D eigenvalue weighted by Gasteiger charge is 2.22. The Balaban J connectivity index is 1.58. The van der Waals surface area contributed by atoms with E-state index in [2.05, 4.69) is 44.7 Å². The summed E-state index contributed by atoms with van der Waals surface area (Å²) >= 11 is 1.41. The fraction of sp³-hybridized carbons (Fsp3) is 0.526. The molecule has 1 fully saturated rings. The third-order valence-electron chi connectivity index (χ3n) is 4.76. The summed E-state index contributed by atoms with van der Waals surface area (Å²) in [7, 11) is 1.88. The zero-order chi connectivity index (χ0) is 18.2. The number of hydrogen-bond donors (Lipinski definition) is 1. The third-order valence-corrected chi connectivity index (χ3v) is 5.79. The molecule has 1 N–H and O–H groups in total. The van der Waals surface area contributed by atoms with Crippen molar-refractivity contribution < 1.29 is 4.79 Å². The van der Waals surface area contributed by atoms with Crippen molar-refractivity contribution in [2.45, 2.75) is 36.9 Å². The minimum Gasteiger partial charge on any atom is -0.353 e. The highest BCUT2D eigenvalue weighted by molar-refractivity contribution is 7.99. The lowest BCUT2D eigenvalue weighted by atomic mass is 10.0. The number of benzene rings is 1. The largest absolute Gasteiger partial charge is 0.353 e. The smallest absolute Gasteiger partial charge is 0.230 e. The van der Waals surface area contributed by atoms with Gasteiger partial charge in [-0.2, -0.15) is 0 Å². The molecule has 0 saturated carbocycles. The summed E-state index contributed by atoms with van der Waals surface area (Å²) in [5, 5.41) is 11.7. The minimum absolute atomic E-state index is 0.0359. The van der Waals surface area contributed by atoms with E-state index in [1.54, 1.807) is 6.33 Å². The minimum atomic E-state index is 0.0359. The first-order valence-electron chi connectivity index (χ1n) is 9.26. The first kappa shape index (κ1) is 18.9. The molecule has 0 aliphatic carbocycles. The maximum atomic E-state index is 12.3. The normalized spacial score (nSPS) is 16.8. The van der Waals surface area contributed by atoms with Crippen LogP contribution in [0.3, 0.4) is 0 Å². The van der Waals surface area contributed by atoms with E-state index in [1.165, 1.54) is 43.0 Å². The quantitative estimate of drug-likeness (QED) is 0.756. The van der Waals surface area contributed by atoms with Crippen LogP contribution in [0.1, 0.15) is 37.3 Å². The lowest BCUT2D eigenvalue weighted by Crippen LogP contribution is -2.39. The van der Waals surface area contributed by atoms with Crippen LogP contribution in [0, 0.1) is 0 Å². The van der Waals surface area contributed by atoms with E-state index in [-0.39, 0.29) is 11.9 Å². The Morgan fingerprint density at radius 3 is 2.58 bits per heavy atom. The zero-order valence-electron chi connectivity index (χ0n) is 15.3. The molecule has 0 bridgehead atoms. The van der Waals surface area contributed by atoms with Gasteiger partial charge in [0.05, 0.1) is 11.8 Å². The number of amides is 1. The van der Waals surface area contributed by atoms with Gasteiger partial charge in [-0.05, 0) is 31.5 Å². The van der Waals surface area contributed by atoms with Crippen molar-refractivity contribution in [3.8, 4) is 0 Å². The predicted molar refractivity (Wildman–Crippen MR) is 104 cm³/mol. The Morgan fingerprint density at radius 1 is 1.19 bits per heavy atom.